The van der Waals surface area contributed by atoms with Crippen LogP contribution in [0.5, 0.6) is 0 Å². The fourth-order valence-corrected chi connectivity index (χ4v) is 0.593. The first-order chi connectivity index (χ1) is 6.07. The van der Waals surface area contributed by atoms with Gasteiger partial charge in [-0.25, -0.2) is 9.24 Å². The fourth-order valence-electron chi connectivity index (χ4n) is 0.288. The number of carboxylic acid groups (broad SMARTS) is 1. The minimum Gasteiger partial charge on any atom is -0.480 e. The van der Waals surface area contributed by atoms with Gasteiger partial charge in [0.2, 0.25) is 0 Å². The monoisotopic (exact) mass is 228 g/mol. The van der Waals surface area contributed by atoms with E-state index in [1.165, 1.54) is 0 Å². The quantitative estimate of drug-likeness (QED) is 0.477. The molecule has 0 saturated carbocycles. The summed E-state index contributed by atoms with van der Waals surface area (Å²) in [6.45, 7) is 3.23. The maximum absolute atomic E-state index is 10.2. The number of carboxylic acids is 1. The number of carbonyl (C=O) groups is 1. The number of nitrogens with two attached hydrogens (primary N) is 1. The number of hydrogen-bond donors (Lipinski definition) is 4. The lowest BCUT2D eigenvalue weighted by Gasteiger charge is -2.14. The summed E-state index contributed by atoms with van der Waals surface area (Å²) in [4.78, 5) is 26.5. The van der Waals surface area contributed by atoms with Crippen molar-refractivity contribution in [2.45, 2.75) is 19.9 Å². The van der Waals surface area contributed by atoms with Crippen LogP contribution in [-0.2, 0) is 9.36 Å². The van der Waals surface area contributed by atoms with Crippen LogP contribution in [0, 0.1) is 0 Å². The van der Waals surface area contributed by atoms with Gasteiger partial charge >= 0.3 is 13.7 Å². The lowest BCUT2D eigenvalue weighted by Crippen LogP contribution is -2.22. The van der Waals surface area contributed by atoms with Crippen LogP contribution in [0.1, 0.15) is 13.8 Å². The Balaban J connectivity index is 0. The maximum atomic E-state index is 10.2. The van der Waals surface area contributed by atoms with E-state index in [0.29, 0.717) is 10.7 Å². The highest BCUT2D eigenvalue weighted by molar-refractivity contribution is 7.49. The molecule has 0 amide bonds. The second kappa shape index (κ2) is 6.92. The second-order valence-corrected chi connectivity index (χ2v) is 4.68. The molecule has 0 atom stereocenters. The van der Waals surface area contributed by atoms with Crippen LogP contribution in [0.25, 0.3) is 0 Å². The summed E-state index contributed by atoms with van der Waals surface area (Å²) in [6, 6.07) is 0.333. The molecule has 0 aromatic rings. The summed E-state index contributed by atoms with van der Waals surface area (Å²) in [5, 5.41) is 8.06. The molecule has 14 heavy (non-hydrogen) atoms. The molecule has 0 aliphatic heterocycles. The molecule has 0 aliphatic carbocycles. The average molecular weight is 228 g/mol. The maximum Gasteiger partial charge on any atom is 0.403 e. The van der Waals surface area contributed by atoms with Crippen molar-refractivity contribution in [1.29, 1.82) is 0 Å². The largest absolute Gasteiger partial charge is 0.480 e. The van der Waals surface area contributed by atoms with Crippen LogP contribution in [0.4, 0.5) is 0 Å². The first-order valence-electron chi connectivity index (χ1n) is 3.82. The zero-order chi connectivity index (χ0) is 11.9. The van der Waals surface area contributed by atoms with Gasteiger partial charge in [0.25, 0.3) is 0 Å². The van der Waals surface area contributed by atoms with Gasteiger partial charge in [-0.2, -0.15) is 0 Å². The SMILES string of the molecule is CC(C)N.CN(CC(=O)O)P(=O)(O)O. The molecule has 0 radical (unpaired) electrons. The van der Waals surface area contributed by atoms with Crippen molar-refractivity contribution in [2.75, 3.05) is 13.6 Å². The van der Waals surface area contributed by atoms with Crippen LogP contribution in [-0.4, -0.2) is 45.2 Å². The van der Waals surface area contributed by atoms with E-state index in [0.717, 1.165) is 7.05 Å². The lowest BCUT2D eigenvalue weighted by molar-refractivity contribution is -0.137. The summed E-state index contributed by atoms with van der Waals surface area (Å²) in [7, 11) is -3.32. The second-order valence-electron chi connectivity index (χ2n) is 2.97. The van der Waals surface area contributed by atoms with E-state index in [4.69, 9.17) is 20.6 Å². The normalized spacial score (nSPS) is 11.1. The van der Waals surface area contributed by atoms with Crippen molar-refractivity contribution in [3.8, 4) is 0 Å². The Morgan fingerprint density at radius 2 is 1.79 bits per heavy atom. The Hall–Kier alpha value is -0.460. The standard InChI is InChI=1S/C3H8NO5P.C3H9N/c1-4(2-3(5)6)10(7,8)9;1-3(2)4/h2H2,1H3,(H,5,6)(H2,7,8,9);3H,4H2,1-2H3. The molecular formula is C6H17N2O5P. The summed E-state index contributed by atoms with van der Waals surface area (Å²) in [5.74, 6) is -1.27. The van der Waals surface area contributed by atoms with E-state index >= 15 is 0 Å². The van der Waals surface area contributed by atoms with Gasteiger partial charge < -0.3 is 20.6 Å². The van der Waals surface area contributed by atoms with Gasteiger partial charge in [-0.1, -0.05) is 13.8 Å². The minimum atomic E-state index is -4.36. The van der Waals surface area contributed by atoms with Crippen molar-refractivity contribution in [1.82, 2.24) is 4.67 Å². The van der Waals surface area contributed by atoms with E-state index in [1.807, 2.05) is 13.8 Å². The Bertz CT molecular complexity index is 212. The van der Waals surface area contributed by atoms with E-state index in [2.05, 4.69) is 0 Å². The molecule has 0 spiro atoms. The average Bonchev–Trinajstić information content (AvgIpc) is 1.81. The molecule has 0 aromatic carbocycles. The van der Waals surface area contributed by atoms with Crippen LogP contribution in [0.3, 0.4) is 0 Å². The predicted octanol–water partition coefficient (Wildman–Crippen LogP) is -0.551. The Morgan fingerprint density at radius 1 is 1.50 bits per heavy atom. The lowest BCUT2D eigenvalue weighted by atomic mass is 10.5. The highest BCUT2D eigenvalue weighted by atomic mass is 31.2. The van der Waals surface area contributed by atoms with E-state index < -0.39 is 20.3 Å². The molecule has 7 nitrogen and oxygen atoms in total. The summed E-state index contributed by atoms with van der Waals surface area (Å²) < 4.78 is 10.7. The minimum absolute atomic E-state index is 0.333. The van der Waals surface area contributed by atoms with Crippen molar-refractivity contribution < 1.29 is 24.3 Å². The van der Waals surface area contributed by atoms with Crippen LogP contribution < -0.4 is 5.73 Å². The molecule has 5 N–H and O–H groups in total. The molecule has 0 aromatic heterocycles. The molecular weight excluding hydrogens is 211 g/mol. The first-order valence-corrected chi connectivity index (χ1v) is 5.38. The van der Waals surface area contributed by atoms with E-state index in [-0.39, 0.29) is 0 Å². The van der Waals surface area contributed by atoms with Crippen molar-refractivity contribution in [3.05, 3.63) is 0 Å². The van der Waals surface area contributed by atoms with E-state index in [9.17, 15) is 9.36 Å². The van der Waals surface area contributed by atoms with Crippen LogP contribution >= 0.6 is 7.75 Å². The Morgan fingerprint density at radius 3 is 1.86 bits per heavy atom. The smallest absolute Gasteiger partial charge is 0.403 e. The third kappa shape index (κ3) is 14.1. The molecule has 0 aliphatic rings. The van der Waals surface area contributed by atoms with Crippen LogP contribution in [0.15, 0.2) is 0 Å². The van der Waals surface area contributed by atoms with Gasteiger partial charge in [-0.05, 0) is 13.1 Å². The number of likely N-dealkylation sites (N-methyl/N-ethyl adjacent to an activating group) is 1. The topological polar surface area (TPSA) is 124 Å². The van der Waals surface area contributed by atoms with Gasteiger partial charge in [-0.15, -0.1) is 0 Å². The fraction of sp³-hybridized carbons (Fsp3) is 0.833. The van der Waals surface area contributed by atoms with Gasteiger partial charge in [-0.3, -0.25) is 4.79 Å². The summed E-state index contributed by atoms with van der Waals surface area (Å²) in [6.07, 6.45) is 0. The molecule has 86 valence electrons. The highest BCUT2D eigenvalue weighted by Crippen LogP contribution is 2.37. The van der Waals surface area contributed by atoms with Gasteiger partial charge in [0.05, 0.1) is 0 Å². The van der Waals surface area contributed by atoms with Gasteiger partial charge in [0, 0.05) is 0 Å². The highest BCUT2D eigenvalue weighted by Gasteiger charge is 2.22. The molecule has 0 saturated heterocycles. The van der Waals surface area contributed by atoms with Crippen molar-refractivity contribution >= 4 is 13.7 Å². The molecule has 0 rings (SSSR count). The number of aliphatic carboxylic acids is 1. The van der Waals surface area contributed by atoms with E-state index in [1.54, 1.807) is 0 Å². The third-order valence-corrected chi connectivity index (χ3v) is 1.84. The van der Waals surface area contributed by atoms with Gasteiger partial charge in [0.1, 0.15) is 6.54 Å². The Labute approximate surface area is 82.7 Å². The molecule has 0 heterocycles. The summed E-state index contributed by atoms with van der Waals surface area (Å²) >= 11 is 0. The number of rotatable bonds is 3. The van der Waals surface area contributed by atoms with Crippen LogP contribution in [0.2, 0.25) is 0 Å². The molecule has 0 bridgehead atoms. The zero-order valence-corrected chi connectivity index (χ0v) is 9.31. The Kier molecular flexibility index (Phi) is 7.90. The predicted molar refractivity (Wildman–Crippen MR) is 51.6 cm³/mol. The molecule has 8 heteroatoms. The number of hydrogen-bond acceptors (Lipinski definition) is 3. The zero-order valence-electron chi connectivity index (χ0n) is 8.41. The summed E-state index contributed by atoms with van der Waals surface area (Å²) in [5.41, 5.74) is 5.11. The van der Waals surface area contributed by atoms with Crippen molar-refractivity contribution in [2.24, 2.45) is 5.73 Å². The third-order valence-electron chi connectivity index (χ3n) is 0.809. The molecule has 0 unspecified atom stereocenters. The molecule has 0 fully saturated rings. The number of nitrogens with zero attached hydrogens (tertiary/aromatic N) is 1. The van der Waals surface area contributed by atoms with Gasteiger partial charge in [0.15, 0.2) is 0 Å². The van der Waals surface area contributed by atoms with Crippen molar-refractivity contribution in [3.63, 3.8) is 0 Å². The first kappa shape index (κ1) is 16.0.